The Balaban J connectivity index is 1.82. The molecule has 0 radical (unpaired) electrons. The highest BCUT2D eigenvalue weighted by molar-refractivity contribution is 7.99. The first-order chi connectivity index (χ1) is 13.5. The van der Waals surface area contributed by atoms with E-state index in [2.05, 4.69) is 20.3 Å². The van der Waals surface area contributed by atoms with Crippen LogP contribution in [0.4, 0.5) is 0 Å². The SMILES string of the molecule is CCSc1ncc2c(=O)n(C(CC)C(=O)NCc3ccc(C)cc3)cnc2n1. The lowest BCUT2D eigenvalue weighted by Gasteiger charge is -2.18. The molecule has 1 atom stereocenters. The lowest BCUT2D eigenvalue weighted by molar-refractivity contribution is -0.124. The maximum absolute atomic E-state index is 12.9. The molecule has 28 heavy (non-hydrogen) atoms. The summed E-state index contributed by atoms with van der Waals surface area (Å²) in [4.78, 5) is 38.4. The average molecular weight is 398 g/mol. The third kappa shape index (κ3) is 4.39. The number of fused-ring (bicyclic) bond motifs is 1. The summed E-state index contributed by atoms with van der Waals surface area (Å²) >= 11 is 1.49. The Morgan fingerprint density at radius 1 is 1.21 bits per heavy atom. The van der Waals surface area contributed by atoms with Crippen molar-refractivity contribution in [2.45, 2.75) is 44.9 Å². The number of nitrogens with one attached hydrogen (secondary N) is 1. The third-order valence-corrected chi connectivity index (χ3v) is 5.15. The summed E-state index contributed by atoms with van der Waals surface area (Å²) in [6, 6.07) is 7.32. The summed E-state index contributed by atoms with van der Waals surface area (Å²) in [6.45, 7) is 6.29. The van der Waals surface area contributed by atoms with E-state index in [1.165, 1.54) is 28.9 Å². The molecule has 1 amide bonds. The summed E-state index contributed by atoms with van der Waals surface area (Å²) < 4.78 is 1.36. The predicted octanol–water partition coefficient (Wildman–Crippen LogP) is 2.87. The number of amides is 1. The van der Waals surface area contributed by atoms with Crippen molar-refractivity contribution in [3.05, 3.63) is 58.3 Å². The van der Waals surface area contributed by atoms with Crippen LogP contribution in [0.5, 0.6) is 0 Å². The minimum absolute atomic E-state index is 0.217. The van der Waals surface area contributed by atoms with E-state index in [1.54, 1.807) is 0 Å². The van der Waals surface area contributed by atoms with Crippen molar-refractivity contribution in [3.63, 3.8) is 0 Å². The van der Waals surface area contributed by atoms with E-state index in [0.717, 1.165) is 16.9 Å². The molecule has 0 spiro atoms. The van der Waals surface area contributed by atoms with Crippen molar-refractivity contribution in [2.75, 3.05) is 5.75 Å². The summed E-state index contributed by atoms with van der Waals surface area (Å²) in [5, 5.41) is 3.81. The van der Waals surface area contributed by atoms with Crippen molar-refractivity contribution < 1.29 is 4.79 Å². The first-order valence-electron chi connectivity index (χ1n) is 9.23. The number of hydrogen-bond acceptors (Lipinski definition) is 6. The summed E-state index contributed by atoms with van der Waals surface area (Å²) in [5.74, 6) is 0.618. The number of carbonyl (C=O) groups is 1. The maximum atomic E-state index is 12.9. The highest BCUT2D eigenvalue weighted by Gasteiger charge is 2.21. The van der Waals surface area contributed by atoms with Crippen LogP contribution in [0.2, 0.25) is 0 Å². The molecule has 1 aromatic carbocycles. The molecule has 0 saturated heterocycles. The average Bonchev–Trinajstić information content (AvgIpc) is 2.70. The Morgan fingerprint density at radius 3 is 2.64 bits per heavy atom. The molecule has 1 unspecified atom stereocenters. The molecule has 0 aliphatic carbocycles. The minimum atomic E-state index is -0.639. The van der Waals surface area contributed by atoms with Gasteiger partial charge in [0, 0.05) is 12.7 Å². The van der Waals surface area contributed by atoms with E-state index >= 15 is 0 Å². The van der Waals surface area contributed by atoms with Gasteiger partial charge in [-0.05, 0) is 24.7 Å². The second-order valence-electron chi connectivity index (χ2n) is 6.41. The summed E-state index contributed by atoms with van der Waals surface area (Å²) in [5.41, 5.74) is 2.21. The van der Waals surface area contributed by atoms with Crippen LogP contribution in [0.15, 0.2) is 46.7 Å². The van der Waals surface area contributed by atoms with Gasteiger partial charge in [0.25, 0.3) is 5.56 Å². The van der Waals surface area contributed by atoms with Crippen LogP contribution < -0.4 is 10.9 Å². The van der Waals surface area contributed by atoms with Crippen LogP contribution in [0.1, 0.15) is 37.4 Å². The van der Waals surface area contributed by atoms with Crippen LogP contribution in [-0.2, 0) is 11.3 Å². The number of benzene rings is 1. The van der Waals surface area contributed by atoms with Gasteiger partial charge in [-0.15, -0.1) is 0 Å². The standard InChI is InChI=1S/C20H23N5O2S/c1-4-16(18(26)21-10-14-8-6-13(3)7-9-14)25-12-23-17-15(19(25)27)11-22-20(24-17)28-5-2/h6-9,11-12,16H,4-5,10H2,1-3H3,(H,21,26). The maximum Gasteiger partial charge on any atom is 0.265 e. The van der Waals surface area contributed by atoms with E-state index in [0.29, 0.717) is 29.2 Å². The first kappa shape index (κ1) is 20.0. The number of carbonyl (C=O) groups excluding carboxylic acids is 1. The molecule has 0 aliphatic rings. The topological polar surface area (TPSA) is 89.8 Å². The molecule has 0 aliphatic heterocycles. The van der Waals surface area contributed by atoms with Gasteiger partial charge in [0.1, 0.15) is 17.8 Å². The Hall–Kier alpha value is -2.74. The molecule has 3 rings (SSSR count). The number of thioether (sulfide) groups is 1. The number of aromatic nitrogens is 4. The summed E-state index contributed by atoms with van der Waals surface area (Å²) in [6.07, 6.45) is 3.36. The molecule has 7 nitrogen and oxygen atoms in total. The number of hydrogen-bond donors (Lipinski definition) is 1. The van der Waals surface area contributed by atoms with Gasteiger partial charge in [-0.1, -0.05) is 55.4 Å². The number of nitrogens with zero attached hydrogens (tertiary/aromatic N) is 4. The molecule has 1 N–H and O–H groups in total. The Morgan fingerprint density at radius 2 is 1.96 bits per heavy atom. The third-order valence-electron chi connectivity index (χ3n) is 4.40. The lowest BCUT2D eigenvalue weighted by Crippen LogP contribution is -2.37. The monoisotopic (exact) mass is 397 g/mol. The lowest BCUT2D eigenvalue weighted by atomic mass is 10.1. The molecule has 8 heteroatoms. The largest absolute Gasteiger partial charge is 0.350 e. The van der Waals surface area contributed by atoms with Crippen LogP contribution in [0.25, 0.3) is 11.0 Å². The van der Waals surface area contributed by atoms with E-state index in [4.69, 9.17) is 0 Å². The molecule has 2 heterocycles. The van der Waals surface area contributed by atoms with Crippen LogP contribution in [0, 0.1) is 6.92 Å². The van der Waals surface area contributed by atoms with Gasteiger partial charge in [-0.25, -0.2) is 15.0 Å². The molecule has 0 saturated carbocycles. The van der Waals surface area contributed by atoms with Gasteiger partial charge < -0.3 is 5.32 Å². The second-order valence-corrected chi connectivity index (χ2v) is 7.64. The van der Waals surface area contributed by atoms with E-state index in [9.17, 15) is 9.59 Å². The minimum Gasteiger partial charge on any atom is -0.350 e. The highest BCUT2D eigenvalue weighted by atomic mass is 32.2. The Bertz CT molecular complexity index is 1030. The fourth-order valence-electron chi connectivity index (χ4n) is 2.86. The van der Waals surface area contributed by atoms with Crippen LogP contribution >= 0.6 is 11.8 Å². The van der Waals surface area contributed by atoms with Crippen molar-refractivity contribution in [2.24, 2.45) is 0 Å². The quantitative estimate of drug-likeness (QED) is 0.487. The van der Waals surface area contributed by atoms with Crippen molar-refractivity contribution >= 4 is 28.7 Å². The number of rotatable bonds is 7. The molecule has 0 fully saturated rings. The fraction of sp³-hybridized carbons (Fsp3) is 0.350. The van der Waals surface area contributed by atoms with E-state index in [-0.39, 0.29) is 11.5 Å². The van der Waals surface area contributed by atoms with Gasteiger partial charge >= 0.3 is 0 Å². The zero-order valence-electron chi connectivity index (χ0n) is 16.2. The molecular weight excluding hydrogens is 374 g/mol. The normalized spacial score (nSPS) is 12.1. The number of aryl methyl sites for hydroxylation is 1. The molecule has 146 valence electrons. The van der Waals surface area contributed by atoms with Gasteiger partial charge in [-0.2, -0.15) is 0 Å². The predicted molar refractivity (Wildman–Crippen MR) is 110 cm³/mol. The van der Waals surface area contributed by atoms with Gasteiger partial charge in [-0.3, -0.25) is 14.2 Å². The molecule has 0 bridgehead atoms. The first-order valence-corrected chi connectivity index (χ1v) is 10.2. The van der Waals surface area contributed by atoms with Gasteiger partial charge in [0.2, 0.25) is 5.91 Å². The van der Waals surface area contributed by atoms with Crippen molar-refractivity contribution in [1.29, 1.82) is 0 Å². The van der Waals surface area contributed by atoms with Gasteiger partial charge in [0.05, 0.1) is 0 Å². The Labute approximate surface area is 167 Å². The van der Waals surface area contributed by atoms with Crippen molar-refractivity contribution in [1.82, 2.24) is 24.8 Å². The van der Waals surface area contributed by atoms with Crippen LogP contribution in [-0.4, -0.2) is 31.2 Å². The molecular formula is C20H23N5O2S. The zero-order valence-corrected chi connectivity index (χ0v) is 17.0. The fourth-order valence-corrected chi connectivity index (χ4v) is 3.39. The van der Waals surface area contributed by atoms with E-state index < -0.39 is 6.04 Å². The Kier molecular flexibility index (Phi) is 6.41. The molecule has 3 aromatic rings. The smallest absolute Gasteiger partial charge is 0.265 e. The summed E-state index contributed by atoms with van der Waals surface area (Å²) in [7, 11) is 0. The van der Waals surface area contributed by atoms with Crippen LogP contribution in [0.3, 0.4) is 0 Å². The zero-order chi connectivity index (χ0) is 20.1. The second kappa shape index (κ2) is 8.97. The van der Waals surface area contributed by atoms with Gasteiger partial charge in [0.15, 0.2) is 10.8 Å². The molecule has 2 aromatic heterocycles. The van der Waals surface area contributed by atoms with E-state index in [1.807, 2.05) is 45.0 Å². The highest BCUT2D eigenvalue weighted by Crippen LogP contribution is 2.15. The van der Waals surface area contributed by atoms with Crippen molar-refractivity contribution in [3.8, 4) is 0 Å².